The Labute approximate surface area is 104 Å². The minimum Gasteiger partial charge on any atom is -0.344 e. The number of amides is 1. The number of rotatable bonds is 2. The van der Waals surface area contributed by atoms with E-state index in [1.807, 2.05) is 0 Å². The molecule has 0 aliphatic carbocycles. The second-order valence-corrected chi connectivity index (χ2v) is 3.73. The summed E-state index contributed by atoms with van der Waals surface area (Å²) in [6, 6.07) is 5.10. The van der Waals surface area contributed by atoms with Crippen molar-refractivity contribution < 1.29 is 4.79 Å². The van der Waals surface area contributed by atoms with Gasteiger partial charge in [0, 0.05) is 5.56 Å². The predicted octanol–water partition coefficient (Wildman–Crippen LogP) is 1.42. The normalized spacial score (nSPS) is 9.19. The Kier molecular flexibility index (Phi) is 5.13. The molecule has 0 saturated heterocycles. The van der Waals surface area contributed by atoms with Gasteiger partial charge in [0.05, 0.1) is 23.1 Å². The van der Waals surface area contributed by atoms with Crippen molar-refractivity contribution >= 4 is 29.1 Å². The summed E-state index contributed by atoms with van der Waals surface area (Å²) < 4.78 is 0. The third-order valence-electron chi connectivity index (χ3n) is 1.71. The molecule has 5 heteroatoms. The molecule has 0 saturated carbocycles. The smallest absolute Gasteiger partial charge is 0.234 e. The zero-order chi connectivity index (χ0) is 12.0. The number of carbonyl (C=O) groups is 1. The highest BCUT2D eigenvalue weighted by Gasteiger charge is 1.96. The van der Waals surface area contributed by atoms with Crippen molar-refractivity contribution in [2.45, 2.75) is 0 Å². The Bertz CT molecular complexity index is 449. The summed E-state index contributed by atoms with van der Waals surface area (Å²) in [5, 5.41) is 3.48. The van der Waals surface area contributed by atoms with Crippen LogP contribution in [0.4, 0.5) is 0 Å². The fourth-order valence-electron chi connectivity index (χ4n) is 0.935. The third-order valence-corrected chi connectivity index (χ3v) is 2.45. The molecule has 1 aromatic rings. The molecule has 84 valence electrons. The van der Waals surface area contributed by atoms with Crippen molar-refractivity contribution in [2.24, 2.45) is 5.73 Å². The average Bonchev–Trinajstić information content (AvgIpc) is 2.28. The predicted molar refractivity (Wildman–Crippen MR) is 65.4 cm³/mol. The summed E-state index contributed by atoms with van der Waals surface area (Å²) in [5.41, 5.74) is 5.86. The molecule has 0 aliphatic rings. The van der Waals surface area contributed by atoms with Gasteiger partial charge in [-0.15, -0.1) is 0 Å². The van der Waals surface area contributed by atoms with Gasteiger partial charge in [-0.3, -0.25) is 4.79 Å². The summed E-state index contributed by atoms with van der Waals surface area (Å²) in [4.78, 5) is 10.8. The van der Waals surface area contributed by atoms with Crippen molar-refractivity contribution in [3.05, 3.63) is 33.8 Å². The number of halogens is 2. The molecule has 0 aromatic heterocycles. The molecule has 0 bridgehead atoms. The van der Waals surface area contributed by atoms with Gasteiger partial charge in [0.1, 0.15) is 0 Å². The van der Waals surface area contributed by atoms with Crippen molar-refractivity contribution in [2.75, 3.05) is 13.1 Å². The van der Waals surface area contributed by atoms with E-state index in [1.54, 1.807) is 18.2 Å². The minimum atomic E-state index is -0.233. The molecule has 0 fully saturated rings. The van der Waals surface area contributed by atoms with E-state index in [2.05, 4.69) is 17.2 Å². The van der Waals surface area contributed by atoms with E-state index in [4.69, 9.17) is 28.9 Å². The van der Waals surface area contributed by atoms with Crippen molar-refractivity contribution in [1.29, 1.82) is 0 Å². The highest BCUT2D eigenvalue weighted by molar-refractivity contribution is 6.42. The molecule has 0 radical (unpaired) electrons. The average molecular weight is 257 g/mol. The molecule has 3 nitrogen and oxygen atoms in total. The molecule has 16 heavy (non-hydrogen) atoms. The maximum Gasteiger partial charge on any atom is 0.234 e. The molecule has 0 unspecified atom stereocenters. The molecule has 1 aromatic carbocycles. The third kappa shape index (κ3) is 4.11. The molecule has 1 rings (SSSR count). The first kappa shape index (κ1) is 12.9. The Morgan fingerprint density at radius 2 is 2.12 bits per heavy atom. The Hall–Kier alpha value is -1.21. The fraction of sp³-hybridized carbons (Fsp3) is 0.182. The monoisotopic (exact) mass is 256 g/mol. The number of carbonyl (C=O) groups excluding carboxylic acids is 1. The molecule has 0 spiro atoms. The highest BCUT2D eigenvalue weighted by Crippen LogP contribution is 2.21. The van der Waals surface area contributed by atoms with Crippen LogP contribution >= 0.6 is 23.2 Å². The molecule has 0 heterocycles. The van der Waals surface area contributed by atoms with Gasteiger partial charge in [-0.1, -0.05) is 35.0 Å². The van der Waals surface area contributed by atoms with Crippen molar-refractivity contribution in [1.82, 2.24) is 5.32 Å². The van der Waals surface area contributed by atoms with Crippen LogP contribution < -0.4 is 11.1 Å². The van der Waals surface area contributed by atoms with Crippen LogP contribution in [-0.2, 0) is 4.79 Å². The Morgan fingerprint density at radius 3 is 2.75 bits per heavy atom. The van der Waals surface area contributed by atoms with Crippen LogP contribution in [-0.4, -0.2) is 19.0 Å². The fourth-order valence-corrected chi connectivity index (χ4v) is 1.23. The SMILES string of the molecule is NCC(=O)NCC#Cc1ccc(Cl)c(Cl)c1. The van der Waals surface area contributed by atoms with Gasteiger partial charge in [-0.2, -0.15) is 0 Å². The van der Waals surface area contributed by atoms with Crippen molar-refractivity contribution in [3.63, 3.8) is 0 Å². The number of hydrogen-bond acceptors (Lipinski definition) is 2. The van der Waals surface area contributed by atoms with Gasteiger partial charge in [-0.05, 0) is 18.2 Å². The number of hydrogen-bond donors (Lipinski definition) is 2. The van der Waals surface area contributed by atoms with Gasteiger partial charge in [0.15, 0.2) is 0 Å². The topological polar surface area (TPSA) is 55.1 Å². The summed E-state index contributed by atoms with van der Waals surface area (Å²) in [6.45, 7) is 0.227. The maximum atomic E-state index is 10.8. The lowest BCUT2D eigenvalue weighted by atomic mass is 10.2. The van der Waals surface area contributed by atoms with Crippen LogP contribution in [0.3, 0.4) is 0 Å². The Balaban J connectivity index is 2.56. The van der Waals surface area contributed by atoms with E-state index in [1.165, 1.54) is 0 Å². The lowest BCUT2D eigenvalue weighted by Crippen LogP contribution is -2.30. The van der Waals surface area contributed by atoms with Crippen molar-refractivity contribution in [3.8, 4) is 11.8 Å². The second-order valence-electron chi connectivity index (χ2n) is 2.91. The van der Waals surface area contributed by atoms with Gasteiger partial charge in [0.2, 0.25) is 5.91 Å². The van der Waals surface area contributed by atoms with E-state index in [0.29, 0.717) is 10.0 Å². The zero-order valence-electron chi connectivity index (χ0n) is 8.39. The van der Waals surface area contributed by atoms with Gasteiger partial charge >= 0.3 is 0 Å². The first-order valence-corrected chi connectivity index (χ1v) is 5.29. The highest BCUT2D eigenvalue weighted by atomic mass is 35.5. The van der Waals surface area contributed by atoms with Crippen LogP contribution in [0.25, 0.3) is 0 Å². The maximum absolute atomic E-state index is 10.8. The van der Waals surface area contributed by atoms with E-state index in [-0.39, 0.29) is 19.0 Å². The first-order chi connectivity index (χ1) is 7.63. The van der Waals surface area contributed by atoms with Gasteiger partial charge in [-0.25, -0.2) is 0 Å². The lowest BCUT2D eigenvalue weighted by molar-refractivity contribution is -0.119. The van der Waals surface area contributed by atoms with Crippen LogP contribution in [0.5, 0.6) is 0 Å². The van der Waals surface area contributed by atoms with E-state index >= 15 is 0 Å². The second kappa shape index (κ2) is 6.39. The largest absolute Gasteiger partial charge is 0.344 e. The summed E-state index contributed by atoms with van der Waals surface area (Å²) >= 11 is 11.6. The zero-order valence-corrected chi connectivity index (χ0v) is 9.90. The molecule has 0 atom stereocenters. The van der Waals surface area contributed by atoms with Gasteiger partial charge < -0.3 is 11.1 Å². The first-order valence-electron chi connectivity index (χ1n) is 4.54. The van der Waals surface area contributed by atoms with Crippen LogP contribution in [0, 0.1) is 11.8 Å². The Morgan fingerprint density at radius 1 is 1.38 bits per heavy atom. The molecule has 0 aliphatic heterocycles. The lowest BCUT2D eigenvalue weighted by Gasteiger charge is -1.96. The minimum absolute atomic E-state index is 0.0333. The summed E-state index contributed by atoms with van der Waals surface area (Å²) in [5.74, 6) is 5.38. The molecule has 1 amide bonds. The number of nitrogens with two attached hydrogens (primary N) is 1. The molecular formula is C11H10Cl2N2O. The van der Waals surface area contributed by atoms with Crippen LogP contribution in [0.2, 0.25) is 10.0 Å². The number of benzene rings is 1. The summed E-state index contributed by atoms with van der Waals surface area (Å²) in [6.07, 6.45) is 0. The number of nitrogens with one attached hydrogen (secondary N) is 1. The van der Waals surface area contributed by atoms with E-state index in [9.17, 15) is 4.79 Å². The summed E-state index contributed by atoms with van der Waals surface area (Å²) in [7, 11) is 0. The van der Waals surface area contributed by atoms with E-state index < -0.39 is 0 Å². The quantitative estimate of drug-likeness (QED) is 0.787. The molecule has 3 N–H and O–H groups in total. The van der Waals surface area contributed by atoms with E-state index in [0.717, 1.165) is 5.56 Å². The van der Waals surface area contributed by atoms with Crippen LogP contribution in [0.15, 0.2) is 18.2 Å². The standard InChI is InChI=1S/C11H10Cl2N2O/c12-9-4-3-8(6-10(9)13)2-1-5-15-11(16)7-14/h3-4,6H,5,7,14H2,(H,15,16). The van der Waals surface area contributed by atoms with Gasteiger partial charge in [0.25, 0.3) is 0 Å². The molecular weight excluding hydrogens is 247 g/mol. The van der Waals surface area contributed by atoms with Crippen LogP contribution in [0.1, 0.15) is 5.56 Å².